The van der Waals surface area contributed by atoms with Gasteiger partial charge in [-0.05, 0) is 29.2 Å². The average molecular weight is 402 g/mol. The number of carbonyl (C=O) groups is 1. The number of halogens is 2. The molecular formula is C17H17Cl2NO4S. The van der Waals surface area contributed by atoms with E-state index in [-0.39, 0.29) is 27.1 Å². The second-order valence-electron chi connectivity index (χ2n) is 5.78. The van der Waals surface area contributed by atoms with Crippen molar-refractivity contribution < 1.29 is 17.9 Å². The van der Waals surface area contributed by atoms with Crippen molar-refractivity contribution in [2.24, 2.45) is 5.14 Å². The molecule has 25 heavy (non-hydrogen) atoms. The summed E-state index contributed by atoms with van der Waals surface area (Å²) in [7, 11) is -4.08. The molecule has 0 aliphatic carbocycles. The Labute approximate surface area is 156 Å². The maximum absolute atomic E-state index is 12.2. The van der Waals surface area contributed by atoms with Gasteiger partial charge in [-0.2, -0.15) is 0 Å². The molecule has 2 rings (SSSR count). The molecule has 0 aromatic heterocycles. The number of sulfonamides is 1. The minimum absolute atomic E-state index is 0.0162. The lowest BCUT2D eigenvalue weighted by Gasteiger charge is -2.10. The summed E-state index contributed by atoms with van der Waals surface area (Å²) in [5.74, 6) is -0.361. The van der Waals surface area contributed by atoms with Crippen molar-refractivity contribution in [3.8, 4) is 0 Å². The van der Waals surface area contributed by atoms with Crippen molar-refractivity contribution in [1.29, 1.82) is 0 Å². The number of benzene rings is 2. The highest BCUT2D eigenvalue weighted by atomic mass is 35.5. The molecule has 0 bridgehead atoms. The van der Waals surface area contributed by atoms with Gasteiger partial charge in [-0.1, -0.05) is 61.3 Å². The Hall–Kier alpha value is -1.60. The maximum Gasteiger partial charge on any atom is 0.340 e. The Bertz CT molecular complexity index is 894. The average Bonchev–Trinajstić information content (AvgIpc) is 2.51. The number of primary sulfonamides is 1. The first-order valence-electron chi connectivity index (χ1n) is 7.37. The van der Waals surface area contributed by atoms with E-state index >= 15 is 0 Å². The van der Waals surface area contributed by atoms with Crippen LogP contribution in [0.4, 0.5) is 0 Å². The van der Waals surface area contributed by atoms with E-state index in [9.17, 15) is 13.2 Å². The molecule has 5 nitrogen and oxygen atoms in total. The van der Waals surface area contributed by atoms with E-state index < -0.39 is 16.0 Å². The molecule has 0 saturated heterocycles. The summed E-state index contributed by atoms with van der Waals surface area (Å²) in [6, 6.07) is 9.81. The van der Waals surface area contributed by atoms with Gasteiger partial charge in [0.15, 0.2) is 0 Å². The molecule has 8 heteroatoms. The van der Waals surface area contributed by atoms with E-state index in [0.29, 0.717) is 5.92 Å². The van der Waals surface area contributed by atoms with Crippen LogP contribution in [0, 0.1) is 0 Å². The van der Waals surface area contributed by atoms with Gasteiger partial charge in [0.25, 0.3) is 0 Å². The standard InChI is InChI=1S/C17H17Cl2NO4S/c1-10(2)12-5-3-11(4-6-12)9-24-17(21)13-7-16(25(20,22)23)15(19)8-14(13)18/h3-8,10H,9H2,1-2H3,(H2,20,22,23). The van der Waals surface area contributed by atoms with Gasteiger partial charge in [-0.3, -0.25) is 0 Å². The van der Waals surface area contributed by atoms with Gasteiger partial charge in [0.2, 0.25) is 10.0 Å². The molecule has 0 atom stereocenters. The van der Waals surface area contributed by atoms with E-state index in [0.717, 1.165) is 17.7 Å². The zero-order chi connectivity index (χ0) is 18.8. The van der Waals surface area contributed by atoms with Crippen molar-refractivity contribution in [2.45, 2.75) is 31.3 Å². The molecule has 0 heterocycles. The SMILES string of the molecule is CC(C)c1ccc(COC(=O)c2cc(S(N)(=O)=O)c(Cl)cc2Cl)cc1. The quantitative estimate of drug-likeness (QED) is 0.763. The largest absolute Gasteiger partial charge is 0.457 e. The van der Waals surface area contributed by atoms with Gasteiger partial charge in [-0.25, -0.2) is 18.4 Å². The molecule has 2 aromatic carbocycles. The Morgan fingerprint density at radius 3 is 2.24 bits per heavy atom. The van der Waals surface area contributed by atoms with Crippen LogP contribution in [0.3, 0.4) is 0 Å². The third-order valence-electron chi connectivity index (χ3n) is 3.56. The van der Waals surface area contributed by atoms with Gasteiger partial charge in [0.05, 0.1) is 15.6 Å². The number of ether oxygens (including phenoxy) is 1. The van der Waals surface area contributed by atoms with Gasteiger partial charge < -0.3 is 4.74 Å². The molecule has 134 valence electrons. The Kier molecular flexibility index (Phi) is 6.11. The van der Waals surface area contributed by atoms with Crippen LogP contribution in [0.2, 0.25) is 10.0 Å². The van der Waals surface area contributed by atoms with Crippen LogP contribution in [0.1, 0.15) is 41.3 Å². The molecule has 0 aliphatic heterocycles. The summed E-state index contributed by atoms with van der Waals surface area (Å²) in [5.41, 5.74) is 1.86. The Balaban J connectivity index is 2.18. The number of hydrogen-bond acceptors (Lipinski definition) is 4. The minimum atomic E-state index is -4.08. The molecule has 0 unspecified atom stereocenters. The zero-order valence-corrected chi connectivity index (χ0v) is 16.0. The van der Waals surface area contributed by atoms with E-state index in [1.165, 1.54) is 5.56 Å². The highest BCUT2D eigenvalue weighted by molar-refractivity contribution is 7.89. The molecule has 0 fully saturated rings. The third-order valence-corrected chi connectivity index (χ3v) is 5.25. The molecular weight excluding hydrogens is 385 g/mol. The highest BCUT2D eigenvalue weighted by Crippen LogP contribution is 2.28. The smallest absolute Gasteiger partial charge is 0.340 e. The predicted octanol–water partition coefficient (Wildman–Crippen LogP) is 4.12. The van der Waals surface area contributed by atoms with Crippen molar-refractivity contribution in [2.75, 3.05) is 0 Å². The third kappa shape index (κ3) is 4.95. The van der Waals surface area contributed by atoms with Crippen LogP contribution in [-0.4, -0.2) is 14.4 Å². The lowest BCUT2D eigenvalue weighted by Crippen LogP contribution is -2.15. The number of hydrogen-bond donors (Lipinski definition) is 1. The van der Waals surface area contributed by atoms with Crippen LogP contribution in [0.15, 0.2) is 41.3 Å². The number of carbonyl (C=O) groups excluding carboxylic acids is 1. The van der Waals surface area contributed by atoms with Crippen LogP contribution >= 0.6 is 23.2 Å². The summed E-state index contributed by atoms with van der Waals surface area (Å²) < 4.78 is 28.2. The lowest BCUT2D eigenvalue weighted by atomic mass is 10.0. The topological polar surface area (TPSA) is 86.5 Å². The van der Waals surface area contributed by atoms with Crippen LogP contribution in [0.5, 0.6) is 0 Å². The van der Waals surface area contributed by atoms with E-state index in [1.807, 2.05) is 24.3 Å². The summed E-state index contributed by atoms with van der Waals surface area (Å²) in [6.45, 7) is 4.20. The fourth-order valence-corrected chi connectivity index (χ4v) is 3.52. The molecule has 0 saturated carbocycles. The molecule has 2 aromatic rings. The molecule has 0 amide bonds. The molecule has 2 N–H and O–H groups in total. The molecule has 0 aliphatic rings. The van der Waals surface area contributed by atoms with Gasteiger partial charge in [0, 0.05) is 0 Å². The van der Waals surface area contributed by atoms with E-state index in [2.05, 4.69) is 13.8 Å². The first-order chi connectivity index (χ1) is 11.6. The normalized spacial score (nSPS) is 11.6. The summed E-state index contributed by atoms with van der Waals surface area (Å²) in [4.78, 5) is 11.8. The number of esters is 1. The summed E-state index contributed by atoms with van der Waals surface area (Å²) in [6.07, 6.45) is 0. The summed E-state index contributed by atoms with van der Waals surface area (Å²) >= 11 is 11.8. The first kappa shape index (κ1) is 19.7. The van der Waals surface area contributed by atoms with Crippen molar-refractivity contribution in [1.82, 2.24) is 0 Å². The summed E-state index contributed by atoms with van der Waals surface area (Å²) in [5, 5.41) is 4.90. The van der Waals surface area contributed by atoms with E-state index in [1.54, 1.807) is 0 Å². The number of rotatable bonds is 5. The first-order valence-corrected chi connectivity index (χ1v) is 9.67. The fourth-order valence-electron chi connectivity index (χ4n) is 2.13. The van der Waals surface area contributed by atoms with Crippen LogP contribution in [-0.2, 0) is 21.4 Å². The number of nitrogens with two attached hydrogens (primary N) is 1. The second kappa shape index (κ2) is 7.74. The van der Waals surface area contributed by atoms with Crippen LogP contribution in [0.25, 0.3) is 0 Å². The van der Waals surface area contributed by atoms with Gasteiger partial charge >= 0.3 is 5.97 Å². The van der Waals surface area contributed by atoms with Crippen molar-refractivity contribution in [3.63, 3.8) is 0 Å². The zero-order valence-electron chi connectivity index (χ0n) is 13.6. The highest BCUT2D eigenvalue weighted by Gasteiger charge is 2.20. The Morgan fingerprint density at radius 1 is 1.12 bits per heavy atom. The van der Waals surface area contributed by atoms with E-state index in [4.69, 9.17) is 33.1 Å². The second-order valence-corrected chi connectivity index (χ2v) is 8.12. The van der Waals surface area contributed by atoms with Gasteiger partial charge in [0.1, 0.15) is 11.5 Å². The predicted molar refractivity (Wildman–Crippen MR) is 97.5 cm³/mol. The van der Waals surface area contributed by atoms with Crippen LogP contribution < -0.4 is 5.14 Å². The van der Waals surface area contributed by atoms with Crippen molar-refractivity contribution in [3.05, 3.63) is 63.1 Å². The fraction of sp³-hybridized carbons (Fsp3) is 0.235. The molecule has 0 radical (unpaired) electrons. The van der Waals surface area contributed by atoms with Gasteiger partial charge in [-0.15, -0.1) is 0 Å². The monoisotopic (exact) mass is 401 g/mol. The maximum atomic E-state index is 12.2. The minimum Gasteiger partial charge on any atom is -0.457 e. The lowest BCUT2D eigenvalue weighted by molar-refractivity contribution is 0.0472. The Morgan fingerprint density at radius 2 is 1.72 bits per heavy atom. The molecule has 0 spiro atoms. The van der Waals surface area contributed by atoms with Crippen molar-refractivity contribution >= 4 is 39.2 Å².